The molecule has 1 aromatic carbocycles. The average Bonchev–Trinajstić information content (AvgIpc) is 2.44. The lowest BCUT2D eigenvalue weighted by molar-refractivity contribution is 0.0644. The third-order valence-electron chi connectivity index (χ3n) is 2.91. The van der Waals surface area contributed by atoms with E-state index >= 15 is 0 Å². The van der Waals surface area contributed by atoms with Gasteiger partial charge < -0.3 is 19.5 Å². The van der Waals surface area contributed by atoms with Crippen molar-refractivity contribution in [3.05, 3.63) is 29.3 Å². The fourth-order valence-corrected chi connectivity index (χ4v) is 1.89. The number of nitrogens with one attached hydrogen (secondary N) is 1. The molecule has 0 aliphatic rings. The van der Waals surface area contributed by atoms with E-state index in [1.165, 1.54) is 0 Å². The highest BCUT2D eigenvalue weighted by atomic mass is 16.5. The van der Waals surface area contributed by atoms with Crippen molar-refractivity contribution in [2.75, 3.05) is 20.8 Å². The maximum absolute atomic E-state index is 12.2. The topological polar surface area (TPSA) is 56.8 Å². The summed E-state index contributed by atoms with van der Waals surface area (Å²) in [6.07, 6.45) is 0.119. The quantitative estimate of drug-likeness (QED) is 0.800. The summed E-state index contributed by atoms with van der Waals surface area (Å²) in [5.41, 5.74) is 1.44. The molecule has 0 unspecified atom stereocenters. The van der Waals surface area contributed by atoms with E-state index in [1.807, 2.05) is 20.8 Å². The van der Waals surface area contributed by atoms with E-state index in [1.54, 1.807) is 32.4 Å². The number of benzene rings is 1. The molecule has 118 valence electrons. The van der Waals surface area contributed by atoms with Gasteiger partial charge in [0.1, 0.15) is 5.75 Å². The maximum Gasteiger partial charge on any atom is 0.251 e. The summed E-state index contributed by atoms with van der Waals surface area (Å²) in [4.78, 5) is 12.2. The van der Waals surface area contributed by atoms with E-state index in [2.05, 4.69) is 5.32 Å². The number of methoxy groups -OCH3 is 2. The number of hydrogen-bond acceptors (Lipinski definition) is 4. The molecule has 21 heavy (non-hydrogen) atoms. The minimum Gasteiger partial charge on any atom is -0.496 e. The number of carbonyl (C=O) groups excluding carboxylic acids is 1. The molecule has 0 bridgehead atoms. The molecule has 1 atom stereocenters. The number of ether oxygens (including phenoxy) is 3. The molecule has 0 fully saturated rings. The lowest BCUT2D eigenvalue weighted by atomic mass is 10.1. The zero-order chi connectivity index (χ0) is 15.8. The molecule has 5 nitrogen and oxygen atoms in total. The highest BCUT2D eigenvalue weighted by molar-refractivity contribution is 5.94. The Morgan fingerprint density at radius 2 is 1.95 bits per heavy atom. The molecule has 0 saturated carbocycles. The number of carbonyl (C=O) groups is 1. The van der Waals surface area contributed by atoms with Crippen molar-refractivity contribution < 1.29 is 19.0 Å². The SMILES string of the molecule is COC[C@H](C)NC(=O)c1ccc(OC)c(COC(C)C)c1. The Morgan fingerprint density at radius 1 is 1.24 bits per heavy atom. The predicted molar refractivity (Wildman–Crippen MR) is 81.7 cm³/mol. The van der Waals surface area contributed by atoms with Crippen molar-refractivity contribution >= 4 is 5.91 Å². The molecule has 0 aromatic heterocycles. The Labute approximate surface area is 126 Å². The van der Waals surface area contributed by atoms with Gasteiger partial charge in [0.2, 0.25) is 0 Å². The predicted octanol–water partition coefficient (Wildman–Crippen LogP) is 2.38. The van der Waals surface area contributed by atoms with Crippen LogP contribution in [0.1, 0.15) is 36.7 Å². The van der Waals surface area contributed by atoms with Crippen molar-refractivity contribution in [2.45, 2.75) is 39.5 Å². The van der Waals surface area contributed by atoms with E-state index < -0.39 is 0 Å². The van der Waals surface area contributed by atoms with Crippen LogP contribution < -0.4 is 10.1 Å². The highest BCUT2D eigenvalue weighted by Gasteiger charge is 2.13. The summed E-state index contributed by atoms with van der Waals surface area (Å²) in [6, 6.07) is 5.29. The number of hydrogen-bond donors (Lipinski definition) is 1. The summed E-state index contributed by atoms with van der Waals surface area (Å²) in [7, 11) is 3.21. The molecule has 0 radical (unpaired) electrons. The van der Waals surface area contributed by atoms with E-state index in [9.17, 15) is 4.79 Å². The lowest BCUT2D eigenvalue weighted by Gasteiger charge is -2.15. The fraction of sp³-hybridized carbons (Fsp3) is 0.562. The molecular formula is C16H25NO4. The number of amides is 1. The molecule has 0 heterocycles. The summed E-state index contributed by atoms with van der Waals surface area (Å²) in [6.45, 7) is 6.72. The standard InChI is InChI=1S/C16H25NO4/c1-11(2)21-10-14-8-13(6-7-15(14)20-5)16(18)17-12(3)9-19-4/h6-8,11-12H,9-10H2,1-5H3,(H,17,18)/t12-/m0/s1. The second-order valence-electron chi connectivity index (χ2n) is 5.22. The first-order valence-corrected chi connectivity index (χ1v) is 7.06. The van der Waals surface area contributed by atoms with Gasteiger partial charge in [-0.3, -0.25) is 4.79 Å². The van der Waals surface area contributed by atoms with Crippen LogP contribution in [0.15, 0.2) is 18.2 Å². The second kappa shape index (κ2) is 8.64. The van der Waals surface area contributed by atoms with E-state index in [0.717, 1.165) is 11.3 Å². The van der Waals surface area contributed by atoms with Crippen molar-refractivity contribution in [1.29, 1.82) is 0 Å². The molecule has 1 amide bonds. The molecule has 1 N–H and O–H groups in total. The molecule has 1 aromatic rings. The van der Waals surface area contributed by atoms with Crippen LogP contribution in [0.4, 0.5) is 0 Å². The zero-order valence-corrected chi connectivity index (χ0v) is 13.4. The first-order chi connectivity index (χ1) is 9.97. The lowest BCUT2D eigenvalue weighted by Crippen LogP contribution is -2.35. The first-order valence-electron chi connectivity index (χ1n) is 7.06. The van der Waals surface area contributed by atoms with Crippen molar-refractivity contribution in [3.63, 3.8) is 0 Å². The minimum absolute atomic E-state index is 0.0417. The third-order valence-corrected chi connectivity index (χ3v) is 2.91. The van der Waals surface area contributed by atoms with Gasteiger partial charge in [-0.15, -0.1) is 0 Å². The van der Waals surface area contributed by atoms with Gasteiger partial charge >= 0.3 is 0 Å². The van der Waals surface area contributed by atoms with Crippen LogP contribution in [-0.2, 0) is 16.1 Å². The van der Waals surface area contributed by atoms with Gasteiger partial charge in [-0.2, -0.15) is 0 Å². The molecule has 5 heteroatoms. The Kier molecular flexibility index (Phi) is 7.19. The van der Waals surface area contributed by atoms with Gasteiger partial charge in [0, 0.05) is 24.3 Å². The van der Waals surface area contributed by atoms with E-state index in [4.69, 9.17) is 14.2 Å². The monoisotopic (exact) mass is 295 g/mol. The third kappa shape index (κ3) is 5.73. The molecule has 1 rings (SSSR count). The van der Waals surface area contributed by atoms with Crippen LogP contribution in [0.25, 0.3) is 0 Å². The normalized spacial score (nSPS) is 12.3. The molecule has 0 saturated heterocycles. The van der Waals surface area contributed by atoms with Crippen LogP contribution in [0.3, 0.4) is 0 Å². The minimum atomic E-state index is -0.131. The van der Waals surface area contributed by atoms with Crippen LogP contribution in [0.5, 0.6) is 5.75 Å². The van der Waals surface area contributed by atoms with Gasteiger partial charge in [0.25, 0.3) is 5.91 Å². The number of rotatable bonds is 8. The average molecular weight is 295 g/mol. The van der Waals surface area contributed by atoms with Crippen LogP contribution in [0.2, 0.25) is 0 Å². The van der Waals surface area contributed by atoms with Gasteiger partial charge in [0.15, 0.2) is 0 Å². The van der Waals surface area contributed by atoms with Crippen LogP contribution >= 0.6 is 0 Å². The Bertz CT molecular complexity index is 460. The largest absolute Gasteiger partial charge is 0.496 e. The molecular weight excluding hydrogens is 270 g/mol. The first kappa shape index (κ1) is 17.5. The van der Waals surface area contributed by atoms with Gasteiger partial charge in [-0.25, -0.2) is 0 Å². The van der Waals surface area contributed by atoms with Gasteiger partial charge in [-0.05, 0) is 39.0 Å². The Balaban J connectivity index is 2.83. The van der Waals surface area contributed by atoms with Crippen molar-refractivity contribution in [2.24, 2.45) is 0 Å². The zero-order valence-electron chi connectivity index (χ0n) is 13.4. The van der Waals surface area contributed by atoms with Crippen LogP contribution in [-0.4, -0.2) is 38.9 Å². The van der Waals surface area contributed by atoms with Gasteiger partial charge in [0.05, 0.1) is 26.4 Å². The molecule has 0 aliphatic heterocycles. The van der Waals surface area contributed by atoms with Crippen LogP contribution in [0, 0.1) is 0 Å². The smallest absolute Gasteiger partial charge is 0.251 e. The van der Waals surface area contributed by atoms with E-state index in [0.29, 0.717) is 18.8 Å². The molecule has 0 aliphatic carbocycles. The fourth-order valence-electron chi connectivity index (χ4n) is 1.89. The summed E-state index contributed by atoms with van der Waals surface area (Å²) in [5, 5.41) is 2.88. The maximum atomic E-state index is 12.2. The Morgan fingerprint density at radius 3 is 2.52 bits per heavy atom. The summed E-state index contributed by atoms with van der Waals surface area (Å²) >= 11 is 0. The van der Waals surface area contributed by atoms with Crippen molar-refractivity contribution in [3.8, 4) is 5.75 Å². The van der Waals surface area contributed by atoms with E-state index in [-0.39, 0.29) is 18.1 Å². The highest BCUT2D eigenvalue weighted by Crippen LogP contribution is 2.21. The second-order valence-corrected chi connectivity index (χ2v) is 5.22. The van der Waals surface area contributed by atoms with Crippen molar-refractivity contribution in [1.82, 2.24) is 5.32 Å². The molecule has 0 spiro atoms. The van der Waals surface area contributed by atoms with Gasteiger partial charge in [-0.1, -0.05) is 0 Å². The summed E-state index contributed by atoms with van der Waals surface area (Å²) in [5.74, 6) is 0.588. The Hall–Kier alpha value is -1.59. The summed E-state index contributed by atoms with van der Waals surface area (Å²) < 4.78 is 15.9.